The van der Waals surface area contributed by atoms with E-state index in [2.05, 4.69) is 58.2 Å². The largest absolute Gasteiger partial charge is 0.392 e. The molecule has 0 saturated heterocycles. The Morgan fingerprint density at radius 2 is 2.05 bits per heavy atom. The maximum Gasteiger partial charge on any atom is 0.0686 e. The van der Waals surface area contributed by atoms with Gasteiger partial charge in [0.25, 0.3) is 0 Å². The van der Waals surface area contributed by atoms with E-state index in [9.17, 15) is 5.11 Å². The Bertz CT molecular complexity index is 396. The first kappa shape index (κ1) is 16.5. The van der Waals surface area contributed by atoms with Gasteiger partial charge < -0.3 is 15.3 Å². The fourth-order valence-corrected chi connectivity index (χ4v) is 2.77. The topological polar surface area (TPSA) is 35.5 Å². The Morgan fingerprint density at radius 3 is 2.58 bits per heavy atom. The van der Waals surface area contributed by atoms with Crippen LogP contribution in [0.15, 0.2) is 22.7 Å². The second-order valence-electron chi connectivity index (χ2n) is 5.12. The van der Waals surface area contributed by atoms with Crippen molar-refractivity contribution >= 4 is 21.6 Å². The molecule has 0 aromatic heterocycles. The molecular formula is C15H25BrN2O. The second kappa shape index (κ2) is 7.88. The Balaban J connectivity index is 2.79. The molecule has 2 atom stereocenters. The predicted octanol–water partition coefficient (Wildman–Crippen LogP) is 3.33. The quantitative estimate of drug-likeness (QED) is 0.805. The molecule has 0 spiro atoms. The maximum atomic E-state index is 9.45. The van der Waals surface area contributed by atoms with Crippen LogP contribution in [-0.2, 0) is 0 Å². The van der Waals surface area contributed by atoms with Crippen molar-refractivity contribution in [2.45, 2.75) is 39.3 Å². The molecule has 0 aliphatic rings. The van der Waals surface area contributed by atoms with Crippen molar-refractivity contribution in [2.75, 3.05) is 25.0 Å². The molecule has 4 heteroatoms. The third kappa shape index (κ3) is 5.13. The first-order chi connectivity index (χ1) is 8.95. The Kier molecular flexibility index (Phi) is 6.83. The van der Waals surface area contributed by atoms with Gasteiger partial charge in [-0.05, 0) is 60.4 Å². The molecule has 0 aliphatic heterocycles. The lowest BCUT2D eigenvalue weighted by Gasteiger charge is -2.23. The summed E-state index contributed by atoms with van der Waals surface area (Å²) in [7, 11) is 1.99. The van der Waals surface area contributed by atoms with E-state index >= 15 is 0 Å². The van der Waals surface area contributed by atoms with Gasteiger partial charge in [-0.1, -0.05) is 13.0 Å². The van der Waals surface area contributed by atoms with E-state index in [-0.39, 0.29) is 6.10 Å². The van der Waals surface area contributed by atoms with Gasteiger partial charge in [-0.2, -0.15) is 0 Å². The summed E-state index contributed by atoms with van der Waals surface area (Å²) in [4.78, 5) is 2.06. The van der Waals surface area contributed by atoms with Gasteiger partial charge in [0, 0.05) is 24.1 Å². The van der Waals surface area contributed by atoms with Crippen LogP contribution in [0.3, 0.4) is 0 Å². The molecule has 0 bridgehead atoms. The van der Waals surface area contributed by atoms with E-state index in [4.69, 9.17) is 0 Å². The molecule has 3 nitrogen and oxygen atoms in total. The molecule has 0 fully saturated rings. The molecule has 1 aromatic rings. The zero-order valence-corrected chi connectivity index (χ0v) is 13.9. The van der Waals surface area contributed by atoms with Crippen molar-refractivity contribution < 1.29 is 5.11 Å². The Labute approximate surface area is 125 Å². The third-order valence-electron chi connectivity index (χ3n) is 3.12. The first-order valence-electron chi connectivity index (χ1n) is 6.87. The summed E-state index contributed by atoms with van der Waals surface area (Å²) in [5.41, 5.74) is 2.38. The molecule has 0 heterocycles. The van der Waals surface area contributed by atoms with E-state index in [1.807, 2.05) is 7.05 Å². The van der Waals surface area contributed by atoms with Crippen LogP contribution in [0.4, 0.5) is 5.69 Å². The van der Waals surface area contributed by atoms with Crippen LogP contribution in [-0.4, -0.2) is 31.3 Å². The third-order valence-corrected chi connectivity index (χ3v) is 3.76. The zero-order valence-electron chi connectivity index (χ0n) is 12.3. The van der Waals surface area contributed by atoms with Crippen molar-refractivity contribution in [3.8, 4) is 0 Å². The maximum absolute atomic E-state index is 9.45. The zero-order chi connectivity index (χ0) is 14.4. The van der Waals surface area contributed by atoms with Crippen LogP contribution in [0.25, 0.3) is 0 Å². The molecule has 2 N–H and O–H groups in total. The van der Waals surface area contributed by atoms with Gasteiger partial charge in [-0.25, -0.2) is 0 Å². The van der Waals surface area contributed by atoms with Gasteiger partial charge in [0.05, 0.1) is 11.8 Å². The number of halogens is 1. The predicted molar refractivity (Wildman–Crippen MR) is 85.8 cm³/mol. The summed E-state index contributed by atoms with van der Waals surface area (Å²) in [5, 5.41) is 12.9. The molecule has 19 heavy (non-hydrogen) atoms. The van der Waals surface area contributed by atoms with Gasteiger partial charge in [0.15, 0.2) is 0 Å². The minimum absolute atomic E-state index is 0.332. The second-order valence-corrected chi connectivity index (χ2v) is 5.97. The molecule has 1 aromatic carbocycles. The van der Waals surface area contributed by atoms with Crippen LogP contribution in [0.5, 0.6) is 0 Å². The molecule has 0 radical (unpaired) electrons. The number of hydrogen-bond acceptors (Lipinski definition) is 3. The summed E-state index contributed by atoms with van der Waals surface area (Å²) in [6.45, 7) is 7.81. The number of aliphatic hydroxyl groups is 1. The summed E-state index contributed by atoms with van der Waals surface area (Å²) in [6.07, 6.45) is 0.808. The van der Waals surface area contributed by atoms with Gasteiger partial charge in [-0.3, -0.25) is 0 Å². The molecule has 0 saturated carbocycles. The highest BCUT2D eigenvalue weighted by molar-refractivity contribution is 9.10. The van der Waals surface area contributed by atoms with Crippen LogP contribution in [0.2, 0.25) is 0 Å². The summed E-state index contributed by atoms with van der Waals surface area (Å²) in [6, 6.07) is 6.76. The van der Waals surface area contributed by atoms with E-state index < -0.39 is 0 Å². The highest BCUT2D eigenvalue weighted by atomic mass is 79.9. The lowest BCUT2D eigenvalue weighted by Crippen LogP contribution is -2.27. The van der Waals surface area contributed by atoms with E-state index in [1.54, 1.807) is 6.92 Å². The molecule has 0 amide bonds. The Hall–Kier alpha value is -0.580. The summed E-state index contributed by atoms with van der Waals surface area (Å²) < 4.78 is 1.07. The fraction of sp³-hybridized carbons (Fsp3) is 0.600. The van der Waals surface area contributed by atoms with Crippen molar-refractivity contribution in [3.63, 3.8) is 0 Å². The smallest absolute Gasteiger partial charge is 0.0686 e. The number of nitrogens with one attached hydrogen (secondary N) is 1. The van der Waals surface area contributed by atoms with E-state index in [1.165, 1.54) is 5.56 Å². The van der Waals surface area contributed by atoms with Crippen molar-refractivity contribution in [1.82, 2.24) is 5.32 Å². The average molecular weight is 329 g/mol. The minimum atomic E-state index is -0.332. The number of aliphatic hydroxyl groups excluding tert-OH is 1. The van der Waals surface area contributed by atoms with Gasteiger partial charge in [0.2, 0.25) is 0 Å². The number of benzene rings is 1. The summed E-state index contributed by atoms with van der Waals surface area (Å²) in [5.74, 6) is 0. The van der Waals surface area contributed by atoms with Crippen LogP contribution in [0.1, 0.15) is 38.8 Å². The number of hydrogen-bond donors (Lipinski definition) is 2. The van der Waals surface area contributed by atoms with E-state index in [0.717, 1.165) is 23.1 Å². The first-order valence-corrected chi connectivity index (χ1v) is 7.67. The van der Waals surface area contributed by atoms with E-state index in [0.29, 0.717) is 12.6 Å². The monoisotopic (exact) mass is 328 g/mol. The number of nitrogens with zero attached hydrogens (tertiary/aromatic N) is 1. The van der Waals surface area contributed by atoms with Gasteiger partial charge >= 0.3 is 0 Å². The highest BCUT2D eigenvalue weighted by Gasteiger charge is 2.11. The SMILES string of the molecule is CCCNC(C)c1ccc(N(C)CC(C)O)c(Br)c1. The highest BCUT2D eigenvalue weighted by Crippen LogP contribution is 2.28. The average Bonchev–Trinajstić information content (AvgIpc) is 2.34. The normalized spacial score (nSPS) is 14.2. The number of anilines is 1. The van der Waals surface area contributed by atoms with Crippen LogP contribution in [0, 0.1) is 0 Å². The fourth-order valence-electron chi connectivity index (χ4n) is 2.08. The molecule has 1 rings (SSSR count). The molecule has 0 aliphatic carbocycles. The van der Waals surface area contributed by atoms with Crippen LogP contribution < -0.4 is 10.2 Å². The lowest BCUT2D eigenvalue weighted by molar-refractivity contribution is 0.201. The van der Waals surface area contributed by atoms with Gasteiger partial charge in [0.1, 0.15) is 0 Å². The van der Waals surface area contributed by atoms with Crippen molar-refractivity contribution in [1.29, 1.82) is 0 Å². The number of rotatable bonds is 7. The Morgan fingerprint density at radius 1 is 1.37 bits per heavy atom. The standard InChI is InChI=1S/C15H25BrN2O/c1-5-8-17-12(3)13-6-7-15(14(16)9-13)18(4)10-11(2)19/h6-7,9,11-12,17,19H,5,8,10H2,1-4H3. The lowest BCUT2D eigenvalue weighted by atomic mass is 10.1. The van der Waals surface area contributed by atoms with Crippen molar-refractivity contribution in [3.05, 3.63) is 28.2 Å². The molecular weight excluding hydrogens is 304 g/mol. The molecule has 108 valence electrons. The molecule has 2 unspecified atom stereocenters. The van der Waals surface area contributed by atoms with Crippen molar-refractivity contribution in [2.24, 2.45) is 0 Å². The summed E-state index contributed by atoms with van der Waals surface area (Å²) >= 11 is 3.62. The minimum Gasteiger partial charge on any atom is -0.392 e. The van der Waals surface area contributed by atoms with Gasteiger partial charge in [-0.15, -0.1) is 0 Å². The van der Waals surface area contributed by atoms with Crippen LogP contribution >= 0.6 is 15.9 Å². The number of likely N-dealkylation sites (N-methyl/N-ethyl adjacent to an activating group) is 1.